The van der Waals surface area contributed by atoms with Crippen molar-refractivity contribution in [1.82, 2.24) is 9.97 Å². The SMILES string of the molecule is CCCNc1cc(N(CC2CC2)C2CC2)nc(CCC)n1. The molecule has 0 atom stereocenters. The first-order valence-electron chi connectivity index (χ1n) is 8.68. The Morgan fingerprint density at radius 3 is 2.57 bits per heavy atom. The van der Waals surface area contributed by atoms with Gasteiger partial charge in [0, 0.05) is 31.6 Å². The lowest BCUT2D eigenvalue weighted by molar-refractivity contribution is 0.701. The molecule has 4 nitrogen and oxygen atoms in total. The Labute approximate surface area is 128 Å². The molecule has 1 aromatic rings. The number of aryl methyl sites for hydroxylation is 1. The molecule has 2 fully saturated rings. The average Bonchev–Trinajstić information content (AvgIpc) is 3.36. The standard InChI is InChI=1S/C17H28N4/c1-3-5-15-19-16(18-10-4-2)11-17(20-15)21(14-8-9-14)12-13-6-7-13/h11,13-14H,3-10,12H2,1-2H3,(H,18,19,20). The lowest BCUT2D eigenvalue weighted by Crippen LogP contribution is -2.29. The summed E-state index contributed by atoms with van der Waals surface area (Å²) in [6.45, 7) is 6.55. The van der Waals surface area contributed by atoms with Crippen LogP contribution >= 0.6 is 0 Å². The van der Waals surface area contributed by atoms with Gasteiger partial charge >= 0.3 is 0 Å². The maximum atomic E-state index is 4.85. The van der Waals surface area contributed by atoms with Crippen LogP contribution in [-0.4, -0.2) is 29.1 Å². The molecular weight excluding hydrogens is 260 g/mol. The predicted molar refractivity (Wildman–Crippen MR) is 87.9 cm³/mol. The van der Waals surface area contributed by atoms with E-state index in [1.165, 1.54) is 32.2 Å². The van der Waals surface area contributed by atoms with Crippen LogP contribution < -0.4 is 10.2 Å². The quantitative estimate of drug-likeness (QED) is 0.753. The highest BCUT2D eigenvalue weighted by atomic mass is 15.3. The van der Waals surface area contributed by atoms with E-state index in [0.29, 0.717) is 0 Å². The van der Waals surface area contributed by atoms with E-state index in [-0.39, 0.29) is 0 Å². The Balaban J connectivity index is 1.80. The molecule has 0 aromatic carbocycles. The van der Waals surface area contributed by atoms with Gasteiger partial charge < -0.3 is 10.2 Å². The van der Waals surface area contributed by atoms with E-state index in [2.05, 4.69) is 35.1 Å². The minimum Gasteiger partial charge on any atom is -0.370 e. The van der Waals surface area contributed by atoms with Gasteiger partial charge in [-0.1, -0.05) is 13.8 Å². The topological polar surface area (TPSA) is 41.0 Å². The third-order valence-electron chi connectivity index (χ3n) is 4.22. The molecule has 1 N–H and O–H groups in total. The first kappa shape index (κ1) is 14.6. The van der Waals surface area contributed by atoms with Crippen LogP contribution in [0, 0.1) is 5.92 Å². The fourth-order valence-electron chi connectivity index (χ4n) is 2.70. The maximum absolute atomic E-state index is 4.85. The minimum absolute atomic E-state index is 0.731. The zero-order valence-corrected chi connectivity index (χ0v) is 13.4. The summed E-state index contributed by atoms with van der Waals surface area (Å²) < 4.78 is 0. The molecule has 0 aliphatic heterocycles. The second-order valence-electron chi connectivity index (χ2n) is 6.53. The lowest BCUT2D eigenvalue weighted by Gasteiger charge is -2.24. The predicted octanol–water partition coefficient (Wildman–Crippen LogP) is 3.63. The van der Waals surface area contributed by atoms with Crippen molar-refractivity contribution < 1.29 is 0 Å². The van der Waals surface area contributed by atoms with Gasteiger partial charge in [0.15, 0.2) is 0 Å². The number of anilines is 2. The summed E-state index contributed by atoms with van der Waals surface area (Å²) in [7, 11) is 0. The molecule has 0 unspecified atom stereocenters. The normalized spacial score (nSPS) is 17.8. The number of rotatable bonds is 9. The highest BCUT2D eigenvalue weighted by Crippen LogP contribution is 2.37. The highest BCUT2D eigenvalue weighted by Gasteiger charge is 2.34. The number of hydrogen-bond acceptors (Lipinski definition) is 4. The highest BCUT2D eigenvalue weighted by molar-refractivity contribution is 5.51. The number of aromatic nitrogens is 2. The van der Waals surface area contributed by atoms with Crippen molar-refractivity contribution >= 4 is 11.6 Å². The molecule has 116 valence electrons. The van der Waals surface area contributed by atoms with Crippen LogP contribution in [0.1, 0.15) is 58.2 Å². The maximum Gasteiger partial charge on any atom is 0.134 e. The molecule has 4 heteroatoms. The first-order chi connectivity index (χ1) is 10.3. The van der Waals surface area contributed by atoms with Gasteiger partial charge in [-0.05, 0) is 44.4 Å². The van der Waals surface area contributed by atoms with Gasteiger partial charge in [0.2, 0.25) is 0 Å². The van der Waals surface area contributed by atoms with Crippen LogP contribution in [0.25, 0.3) is 0 Å². The third kappa shape index (κ3) is 4.08. The minimum atomic E-state index is 0.731. The van der Waals surface area contributed by atoms with Crippen LogP contribution in [0.15, 0.2) is 6.07 Å². The second kappa shape index (κ2) is 6.63. The zero-order chi connectivity index (χ0) is 14.7. The smallest absolute Gasteiger partial charge is 0.134 e. The van der Waals surface area contributed by atoms with E-state index in [4.69, 9.17) is 4.98 Å². The van der Waals surface area contributed by atoms with Gasteiger partial charge in [0.05, 0.1) is 0 Å². The van der Waals surface area contributed by atoms with Crippen molar-refractivity contribution in [3.63, 3.8) is 0 Å². The third-order valence-corrected chi connectivity index (χ3v) is 4.22. The number of nitrogens with zero attached hydrogens (tertiary/aromatic N) is 3. The Morgan fingerprint density at radius 1 is 1.14 bits per heavy atom. The van der Waals surface area contributed by atoms with Crippen LogP contribution in [0.3, 0.4) is 0 Å². The van der Waals surface area contributed by atoms with Gasteiger partial charge in [-0.2, -0.15) is 0 Å². The molecule has 1 aromatic heterocycles. The molecule has 1 heterocycles. The molecule has 0 saturated heterocycles. The lowest BCUT2D eigenvalue weighted by atomic mass is 10.3. The van der Waals surface area contributed by atoms with Crippen molar-refractivity contribution in [3.05, 3.63) is 11.9 Å². The summed E-state index contributed by atoms with van der Waals surface area (Å²) in [5.41, 5.74) is 0. The molecule has 3 rings (SSSR count). The summed E-state index contributed by atoms with van der Waals surface area (Å²) in [6, 6.07) is 2.89. The van der Waals surface area contributed by atoms with Gasteiger partial charge in [-0.25, -0.2) is 9.97 Å². The largest absolute Gasteiger partial charge is 0.370 e. The molecule has 0 spiro atoms. The van der Waals surface area contributed by atoms with E-state index >= 15 is 0 Å². The summed E-state index contributed by atoms with van der Waals surface area (Å²) >= 11 is 0. The van der Waals surface area contributed by atoms with E-state index < -0.39 is 0 Å². The van der Waals surface area contributed by atoms with Crippen molar-refractivity contribution in [2.24, 2.45) is 5.92 Å². The molecule has 0 bridgehead atoms. The van der Waals surface area contributed by atoms with Crippen molar-refractivity contribution in [3.8, 4) is 0 Å². The van der Waals surface area contributed by atoms with Crippen molar-refractivity contribution in [2.45, 2.75) is 64.8 Å². The molecule has 0 radical (unpaired) electrons. The van der Waals surface area contributed by atoms with Gasteiger partial charge in [-0.15, -0.1) is 0 Å². The fourth-order valence-corrected chi connectivity index (χ4v) is 2.70. The molecular formula is C17H28N4. The van der Waals surface area contributed by atoms with Crippen LogP contribution in [0.4, 0.5) is 11.6 Å². The van der Waals surface area contributed by atoms with Crippen molar-refractivity contribution in [1.29, 1.82) is 0 Å². The zero-order valence-electron chi connectivity index (χ0n) is 13.4. The molecule has 2 saturated carbocycles. The Morgan fingerprint density at radius 2 is 1.95 bits per heavy atom. The van der Waals surface area contributed by atoms with E-state index in [0.717, 1.165) is 55.2 Å². The number of nitrogens with one attached hydrogen (secondary N) is 1. The summed E-state index contributed by atoms with van der Waals surface area (Å²) in [5.74, 6) is 4.06. The van der Waals surface area contributed by atoms with Gasteiger partial charge in [0.25, 0.3) is 0 Å². The average molecular weight is 288 g/mol. The van der Waals surface area contributed by atoms with E-state index in [1.54, 1.807) is 0 Å². The van der Waals surface area contributed by atoms with E-state index in [9.17, 15) is 0 Å². The van der Waals surface area contributed by atoms with Crippen molar-refractivity contribution in [2.75, 3.05) is 23.3 Å². The molecule has 21 heavy (non-hydrogen) atoms. The fraction of sp³-hybridized carbons (Fsp3) is 0.765. The number of hydrogen-bond donors (Lipinski definition) is 1. The van der Waals surface area contributed by atoms with Crippen LogP contribution in [0.5, 0.6) is 0 Å². The van der Waals surface area contributed by atoms with Gasteiger partial charge in [-0.3, -0.25) is 0 Å². The monoisotopic (exact) mass is 288 g/mol. The molecule has 2 aliphatic rings. The Kier molecular flexibility index (Phi) is 4.61. The van der Waals surface area contributed by atoms with Crippen LogP contribution in [-0.2, 0) is 6.42 Å². The second-order valence-corrected chi connectivity index (χ2v) is 6.53. The Hall–Kier alpha value is -1.32. The molecule has 0 amide bonds. The van der Waals surface area contributed by atoms with Crippen LogP contribution in [0.2, 0.25) is 0 Å². The Bertz CT molecular complexity index is 466. The summed E-state index contributed by atoms with van der Waals surface area (Å²) in [6.07, 6.45) is 8.65. The summed E-state index contributed by atoms with van der Waals surface area (Å²) in [4.78, 5) is 12.1. The van der Waals surface area contributed by atoms with E-state index in [1.807, 2.05) is 0 Å². The molecule has 2 aliphatic carbocycles. The first-order valence-corrected chi connectivity index (χ1v) is 8.68. The van der Waals surface area contributed by atoms with Gasteiger partial charge in [0.1, 0.15) is 17.5 Å². The summed E-state index contributed by atoms with van der Waals surface area (Å²) in [5, 5.41) is 3.44.